The van der Waals surface area contributed by atoms with Crippen LogP contribution >= 0.6 is 11.6 Å². The molecule has 138 valence electrons. The maximum absolute atomic E-state index is 12.3. The molecule has 1 saturated carbocycles. The third-order valence-corrected chi connectivity index (χ3v) is 5.16. The van der Waals surface area contributed by atoms with Crippen molar-refractivity contribution in [1.29, 1.82) is 0 Å². The van der Waals surface area contributed by atoms with Gasteiger partial charge < -0.3 is 19.5 Å². The van der Waals surface area contributed by atoms with Crippen LogP contribution in [-0.4, -0.2) is 46.9 Å². The molecule has 1 aromatic rings. The third-order valence-electron chi connectivity index (χ3n) is 4.95. The number of halogens is 1. The van der Waals surface area contributed by atoms with Crippen molar-refractivity contribution in [2.45, 2.75) is 44.8 Å². The average molecular weight is 369 g/mol. The molecule has 2 atom stereocenters. The summed E-state index contributed by atoms with van der Waals surface area (Å²) >= 11 is 5.92. The van der Waals surface area contributed by atoms with Crippen molar-refractivity contribution < 1.29 is 19.4 Å². The van der Waals surface area contributed by atoms with Crippen LogP contribution < -0.4 is 4.74 Å². The normalized spacial score (nSPS) is 28.8. The van der Waals surface area contributed by atoms with Crippen molar-refractivity contribution in [2.75, 3.05) is 20.2 Å². The number of pyridine rings is 1. The van der Waals surface area contributed by atoms with Gasteiger partial charge in [-0.3, -0.25) is 0 Å². The minimum absolute atomic E-state index is 0.234. The van der Waals surface area contributed by atoms with Gasteiger partial charge in [-0.05, 0) is 57.6 Å². The molecular formula is C18H25ClN2O4. The highest BCUT2D eigenvalue weighted by molar-refractivity contribution is 6.29. The fourth-order valence-electron chi connectivity index (χ4n) is 3.98. The maximum atomic E-state index is 12.3. The highest BCUT2D eigenvalue weighted by atomic mass is 35.5. The molecule has 0 bridgehead atoms. The van der Waals surface area contributed by atoms with E-state index in [9.17, 15) is 9.90 Å². The largest absolute Gasteiger partial charge is 0.481 e. The molecular weight excluding hydrogens is 344 g/mol. The molecule has 6 nitrogen and oxygen atoms in total. The zero-order chi connectivity index (χ0) is 18.4. The molecule has 2 aliphatic rings. The zero-order valence-electron chi connectivity index (χ0n) is 15.1. The number of ether oxygens (including phenoxy) is 2. The van der Waals surface area contributed by atoms with Crippen LogP contribution in [0.25, 0.3) is 0 Å². The first kappa shape index (κ1) is 18.3. The van der Waals surface area contributed by atoms with Crippen LogP contribution in [0.2, 0.25) is 5.15 Å². The number of likely N-dealkylation sites (tertiary alicyclic amines) is 1. The Morgan fingerprint density at radius 2 is 1.92 bits per heavy atom. The molecule has 1 saturated heterocycles. The number of aliphatic hydroxyl groups is 1. The lowest BCUT2D eigenvalue weighted by Crippen LogP contribution is -2.37. The van der Waals surface area contributed by atoms with Crippen molar-refractivity contribution in [1.82, 2.24) is 9.88 Å². The van der Waals surface area contributed by atoms with Crippen LogP contribution in [0, 0.1) is 11.8 Å². The number of rotatable bonds is 2. The first-order valence-corrected chi connectivity index (χ1v) is 8.90. The van der Waals surface area contributed by atoms with Crippen molar-refractivity contribution in [3.05, 3.63) is 22.8 Å². The van der Waals surface area contributed by atoms with Gasteiger partial charge in [-0.15, -0.1) is 0 Å². The van der Waals surface area contributed by atoms with E-state index in [1.54, 1.807) is 17.0 Å². The van der Waals surface area contributed by atoms with Gasteiger partial charge in [0.05, 0.1) is 12.7 Å². The maximum Gasteiger partial charge on any atom is 0.410 e. The number of aromatic nitrogens is 1. The van der Waals surface area contributed by atoms with Crippen LogP contribution in [0.5, 0.6) is 5.88 Å². The lowest BCUT2D eigenvalue weighted by Gasteiger charge is -2.28. The van der Waals surface area contributed by atoms with Gasteiger partial charge in [0, 0.05) is 18.7 Å². The van der Waals surface area contributed by atoms with Gasteiger partial charge in [0.25, 0.3) is 0 Å². The van der Waals surface area contributed by atoms with Gasteiger partial charge >= 0.3 is 6.09 Å². The summed E-state index contributed by atoms with van der Waals surface area (Å²) in [4.78, 5) is 18.2. The number of methoxy groups -OCH3 is 1. The zero-order valence-corrected chi connectivity index (χ0v) is 15.8. The minimum atomic E-state index is -1.00. The monoisotopic (exact) mass is 368 g/mol. The Balaban J connectivity index is 1.71. The summed E-state index contributed by atoms with van der Waals surface area (Å²) in [6, 6.07) is 3.44. The van der Waals surface area contributed by atoms with Gasteiger partial charge in [-0.1, -0.05) is 11.6 Å². The molecule has 7 heteroatoms. The summed E-state index contributed by atoms with van der Waals surface area (Å²) in [7, 11) is 1.52. The predicted molar refractivity (Wildman–Crippen MR) is 93.7 cm³/mol. The third kappa shape index (κ3) is 3.70. The Kier molecular flexibility index (Phi) is 4.62. The molecule has 1 aromatic heterocycles. The minimum Gasteiger partial charge on any atom is -0.481 e. The standard InChI is InChI=1S/C18H25ClN2O4/c1-17(2,3)25-16(22)21-9-11-7-18(23,8-12(11)10-21)13-5-6-14(19)20-15(13)24-4/h5-6,11-12,23H,7-10H2,1-4H3. The molecule has 1 aliphatic heterocycles. The van der Waals surface area contributed by atoms with Crippen LogP contribution in [-0.2, 0) is 10.3 Å². The number of amides is 1. The van der Waals surface area contributed by atoms with E-state index < -0.39 is 11.2 Å². The quantitative estimate of drug-likeness (QED) is 0.811. The molecule has 3 rings (SSSR count). The SMILES string of the molecule is COc1nc(Cl)ccc1C1(O)CC2CN(C(=O)OC(C)(C)C)CC2C1. The number of hydrogen-bond acceptors (Lipinski definition) is 5. The van der Waals surface area contributed by atoms with Gasteiger partial charge in [-0.2, -0.15) is 0 Å². The summed E-state index contributed by atoms with van der Waals surface area (Å²) in [5.74, 6) is 0.828. The second-order valence-electron chi connectivity index (χ2n) is 8.04. The molecule has 2 fully saturated rings. The fourth-order valence-corrected chi connectivity index (χ4v) is 4.11. The van der Waals surface area contributed by atoms with E-state index in [2.05, 4.69) is 4.98 Å². The summed E-state index contributed by atoms with van der Waals surface area (Å²) < 4.78 is 10.8. The molecule has 1 N–H and O–H groups in total. The highest BCUT2D eigenvalue weighted by Gasteiger charge is 2.51. The van der Waals surface area contributed by atoms with E-state index in [1.165, 1.54) is 7.11 Å². The lowest BCUT2D eigenvalue weighted by molar-refractivity contribution is 0.0143. The molecule has 0 spiro atoms. The Morgan fingerprint density at radius 3 is 2.44 bits per heavy atom. The van der Waals surface area contributed by atoms with Gasteiger partial charge in [0.15, 0.2) is 0 Å². The second kappa shape index (κ2) is 6.32. The first-order chi connectivity index (χ1) is 11.6. The van der Waals surface area contributed by atoms with Crippen molar-refractivity contribution in [2.24, 2.45) is 11.8 Å². The molecule has 0 aromatic carbocycles. The van der Waals surface area contributed by atoms with Crippen LogP contribution in [0.3, 0.4) is 0 Å². The molecule has 1 aliphatic carbocycles. The average Bonchev–Trinajstić information content (AvgIpc) is 3.00. The number of carbonyl (C=O) groups excluding carboxylic acids is 1. The van der Waals surface area contributed by atoms with Crippen molar-refractivity contribution in [3.63, 3.8) is 0 Å². The summed E-state index contributed by atoms with van der Waals surface area (Å²) in [6.07, 6.45) is 0.851. The molecule has 1 amide bonds. The van der Waals surface area contributed by atoms with Crippen LogP contribution in [0.15, 0.2) is 12.1 Å². The molecule has 25 heavy (non-hydrogen) atoms. The molecule has 2 unspecified atom stereocenters. The van der Waals surface area contributed by atoms with E-state index in [1.807, 2.05) is 20.8 Å². The summed E-state index contributed by atoms with van der Waals surface area (Å²) in [6.45, 7) is 6.79. The number of carbonyl (C=O) groups is 1. The van der Waals surface area contributed by atoms with Crippen LogP contribution in [0.1, 0.15) is 39.2 Å². The van der Waals surface area contributed by atoms with Gasteiger partial charge in [0.1, 0.15) is 10.8 Å². The van der Waals surface area contributed by atoms with E-state index in [0.29, 0.717) is 42.5 Å². The summed E-state index contributed by atoms with van der Waals surface area (Å²) in [5, 5.41) is 11.5. The lowest BCUT2D eigenvalue weighted by atomic mass is 9.91. The highest BCUT2D eigenvalue weighted by Crippen LogP contribution is 2.50. The number of hydrogen-bond donors (Lipinski definition) is 1. The smallest absolute Gasteiger partial charge is 0.410 e. The number of nitrogens with zero attached hydrogens (tertiary/aromatic N) is 2. The second-order valence-corrected chi connectivity index (χ2v) is 8.42. The Hall–Kier alpha value is -1.53. The molecule has 2 heterocycles. The Bertz CT molecular complexity index is 660. The van der Waals surface area contributed by atoms with E-state index in [4.69, 9.17) is 21.1 Å². The molecule has 0 radical (unpaired) electrons. The van der Waals surface area contributed by atoms with Gasteiger partial charge in [0.2, 0.25) is 5.88 Å². The Morgan fingerprint density at radius 1 is 1.32 bits per heavy atom. The van der Waals surface area contributed by atoms with E-state index >= 15 is 0 Å². The Labute approximate surface area is 153 Å². The fraction of sp³-hybridized carbons (Fsp3) is 0.667. The summed E-state index contributed by atoms with van der Waals surface area (Å²) in [5.41, 5.74) is -0.839. The van der Waals surface area contributed by atoms with Crippen LogP contribution in [0.4, 0.5) is 4.79 Å². The topological polar surface area (TPSA) is 71.9 Å². The van der Waals surface area contributed by atoms with E-state index in [0.717, 1.165) is 0 Å². The van der Waals surface area contributed by atoms with E-state index in [-0.39, 0.29) is 17.9 Å². The number of fused-ring (bicyclic) bond motifs is 1. The van der Waals surface area contributed by atoms with Crippen molar-refractivity contribution >= 4 is 17.7 Å². The van der Waals surface area contributed by atoms with Gasteiger partial charge in [-0.25, -0.2) is 9.78 Å². The first-order valence-electron chi connectivity index (χ1n) is 8.52. The predicted octanol–water partition coefficient (Wildman–Crippen LogP) is 3.21. The van der Waals surface area contributed by atoms with Crippen molar-refractivity contribution in [3.8, 4) is 5.88 Å².